The number of likely N-dealkylation sites (tertiary alicyclic amines) is 1. The predicted molar refractivity (Wildman–Crippen MR) is 128 cm³/mol. The molecule has 5 nitrogen and oxygen atoms in total. The zero-order chi connectivity index (χ0) is 23.5. The molecule has 1 heterocycles. The fourth-order valence-electron chi connectivity index (χ4n) is 4.12. The lowest BCUT2D eigenvalue weighted by Gasteiger charge is -2.25. The van der Waals surface area contributed by atoms with Gasteiger partial charge in [-0.15, -0.1) is 0 Å². The number of hydrogen-bond acceptors (Lipinski definition) is 4. The zero-order valence-electron chi connectivity index (χ0n) is 19.0. The van der Waals surface area contributed by atoms with E-state index >= 15 is 0 Å². The lowest BCUT2D eigenvalue weighted by molar-refractivity contribution is -0.140. The first-order chi connectivity index (χ1) is 15.9. The van der Waals surface area contributed by atoms with Crippen molar-refractivity contribution >= 4 is 17.4 Å². The van der Waals surface area contributed by atoms with Crippen LogP contribution in [0.1, 0.15) is 40.8 Å². The Bertz CT molecular complexity index is 1210. The van der Waals surface area contributed by atoms with Gasteiger partial charge < -0.3 is 14.7 Å². The summed E-state index contributed by atoms with van der Waals surface area (Å²) >= 11 is 0. The van der Waals surface area contributed by atoms with E-state index in [9.17, 15) is 14.7 Å². The van der Waals surface area contributed by atoms with Crippen LogP contribution in [0.15, 0.2) is 78.4 Å². The number of ether oxygens (including phenoxy) is 1. The molecule has 0 saturated carbocycles. The van der Waals surface area contributed by atoms with Crippen molar-refractivity contribution in [2.45, 2.75) is 33.4 Å². The van der Waals surface area contributed by atoms with Gasteiger partial charge in [0.2, 0.25) is 0 Å². The van der Waals surface area contributed by atoms with E-state index in [0.29, 0.717) is 12.2 Å². The fourth-order valence-corrected chi connectivity index (χ4v) is 4.12. The van der Waals surface area contributed by atoms with Gasteiger partial charge in [-0.1, -0.05) is 54.6 Å². The highest BCUT2D eigenvalue weighted by Crippen LogP contribution is 2.40. The van der Waals surface area contributed by atoms with Crippen molar-refractivity contribution in [2.75, 3.05) is 6.61 Å². The van der Waals surface area contributed by atoms with Gasteiger partial charge in [0.05, 0.1) is 18.2 Å². The number of hydrogen-bond donors (Lipinski definition) is 1. The molecular formula is C28H27NO4. The molecule has 1 atom stereocenters. The van der Waals surface area contributed by atoms with Crippen LogP contribution in [-0.4, -0.2) is 28.3 Å². The SMILES string of the molecule is CCOc1ccc(CN2C(=O)C(=O)/C(=C(\O)c3ccc(C)c(C)c3)C2c2ccccc2)cc1. The Hall–Kier alpha value is -3.86. The minimum Gasteiger partial charge on any atom is -0.507 e. The molecule has 1 N–H and O–H groups in total. The summed E-state index contributed by atoms with van der Waals surface area (Å²) in [6.45, 7) is 6.66. The number of amides is 1. The Morgan fingerprint density at radius 3 is 2.27 bits per heavy atom. The Morgan fingerprint density at radius 2 is 1.64 bits per heavy atom. The lowest BCUT2D eigenvalue weighted by Crippen LogP contribution is -2.29. The largest absolute Gasteiger partial charge is 0.507 e. The molecule has 1 aliphatic heterocycles. The van der Waals surface area contributed by atoms with Crippen LogP contribution in [0, 0.1) is 13.8 Å². The third-order valence-corrected chi connectivity index (χ3v) is 6.02. The number of nitrogens with zero attached hydrogens (tertiary/aromatic N) is 1. The average Bonchev–Trinajstić information content (AvgIpc) is 3.07. The molecule has 1 amide bonds. The maximum absolute atomic E-state index is 13.2. The van der Waals surface area contributed by atoms with Crippen molar-refractivity contribution in [1.82, 2.24) is 4.90 Å². The van der Waals surface area contributed by atoms with Crippen molar-refractivity contribution in [1.29, 1.82) is 0 Å². The van der Waals surface area contributed by atoms with Gasteiger partial charge in [0.1, 0.15) is 11.5 Å². The van der Waals surface area contributed by atoms with Crippen molar-refractivity contribution in [3.05, 3.63) is 106 Å². The normalized spacial score (nSPS) is 17.4. The minimum atomic E-state index is -0.681. The molecule has 0 aliphatic carbocycles. The first kappa shape index (κ1) is 22.3. The van der Waals surface area contributed by atoms with Gasteiger partial charge in [-0.05, 0) is 61.2 Å². The van der Waals surface area contributed by atoms with E-state index in [-0.39, 0.29) is 17.9 Å². The monoisotopic (exact) mass is 441 g/mol. The molecule has 168 valence electrons. The predicted octanol–water partition coefficient (Wildman–Crippen LogP) is 5.32. The summed E-state index contributed by atoms with van der Waals surface area (Å²) in [4.78, 5) is 27.8. The van der Waals surface area contributed by atoms with Crippen LogP contribution in [0.4, 0.5) is 0 Å². The van der Waals surface area contributed by atoms with Crippen molar-refractivity contribution in [2.24, 2.45) is 0 Å². The number of benzene rings is 3. The second kappa shape index (κ2) is 9.33. The van der Waals surface area contributed by atoms with Crippen LogP contribution in [0.2, 0.25) is 0 Å². The first-order valence-electron chi connectivity index (χ1n) is 11.0. The van der Waals surface area contributed by atoms with Crippen LogP contribution in [0.3, 0.4) is 0 Å². The Kier molecular flexibility index (Phi) is 6.31. The standard InChI is InChI=1S/C28H27NO4/c1-4-33-23-14-11-20(12-15-23)17-29-25(21-8-6-5-7-9-21)24(27(31)28(29)32)26(30)22-13-10-18(2)19(3)16-22/h5-16,25,30H,4,17H2,1-3H3/b26-24-. The second-order valence-electron chi connectivity index (χ2n) is 8.21. The topological polar surface area (TPSA) is 66.8 Å². The fraction of sp³-hybridized carbons (Fsp3) is 0.214. The maximum Gasteiger partial charge on any atom is 0.295 e. The summed E-state index contributed by atoms with van der Waals surface area (Å²) in [7, 11) is 0. The van der Waals surface area contributed by atoms with Gasteiger partial charge in [-0.3, -0.25) is 9.59 Å². The summed E-state index contributed by atoms with van der Waals surface area (Å²) in [5, 5.41) is 11.2. The van der Waals surface area contributed by atoms with Crippen LogP contribution in [0.5, 0.6) is 5.75 Å². The van der Waals surface area contributed by atoms with Crippen LogP contribution < -0.4 is 4.74 Å². The highest BCUT2D eigenvalue weighted by Gasteiger charge is 2.46. The molecule has 5 heteroatoms. The van der Waals surface area contributed by atoms with Crippen LogP contribution >= 0.6 is 0 Å². The molecule has 4 rings (SSSR count). The smallest absolute Gasteiger partial charge is 0.295 e. The van der Waals surface area contributed by atoms with Gasteiger partial charge in [0.25, 0.3) is 11.7 Å². The van der Waals surface area contributed by atoms with E-state index < -0.39 is 17.7 Å². The third kappa shape index (κ3) is 4.40. The molecule has 1 fully saturated rings. The van der Waals surface area contributed by atoms with E-state index in [0.717, 1.165) is 28.0 Å². The molecule has 33 heavy (non-hydrogen) atoms. The van der Waals surface area contributed by atoms with Crippen LogP contribution in [-0.2, 0) is 16.1 Å². The number of Topliss-reactive ketones (excluding diaryl/α,β-unsaturated/α-hetero) is 1. The van der Waals surface area contributed by atoms with E-state index in [1.54, 1.807) is 6.07 Å². The maximum atomic E-state index is 13.2. The highest BCUT2D eigenvalue weighted by molar-refractivity contribution is 6.46. The Balaban J connectivity index is 1.79. The quantitative estimate of drug-likeness (QED) is 0.319. The van der Waals surface area contributed by atoms with Gasteiger partial charge >= 0.3 is 0 Å². The minimum absolute atomic E-state index is 0.111. The second-order valence-corrected chi connectivity index (χ2v) is 8.21. The molecule has 3 aromatic carbocycles. The number of rotatable bonds is 6. The van der Waals surface area contributed by atoms with Crippen LogP contribution in [0.25, 0.3) is 5.76 Å². The molecule has 3 aromatic rings. The Morgan fingerprint density at radius 1 is 0.939 bits per heavy atom. The summed E-state index contributed by atoms with van der Waals surface area (Å²) in [5.41, 5.74) is 4.36. The molecule has 0 spiro atoms. The molecular weight excluding hydrogens is 414 g/mol. The number of aryl methyl sites for hydroxylation is 2. The molecule has 1 saturated heterocycles. The summed E-state index contributed by atoms with van der Waals surface area (Å²) in [5.74, 6) is -0.703. The summed E-state index contributed by atoms with van der Waals surface area (Å²) in [6, 6.07) is 21.7. The molecule has 0 aromatic heterocycles. The highest BCUT2D eigenvalue weighted by atomic mass is 16.5. The van der Waals surface area contributed by atoms with Crippen molar-refractivity contribution in [3.63, 3.8) is 0 Å². The number of carbonyl (C=O) groups excluding carboxylic acids is 2. The van der Waals surface area contributed by atoms with Crippen molar-refractivity contribution in [3.8, 4) is 5.75 Å². The Labute approximate surface area is 193 Å². The molecule has 0 radical (unpaired) electrons. The van der Waals surface area contributed by atoms with Gasteiger partial charge in [-0.25, -0.2) is 0 Å². The van der Waals surface area contributed by atoms with E-state index in [2.05, 4.69) is 0 Å². The van der Waals surface area contributed by atoms with E-state index in [1.165, 1.54) is 4.90 Å². The molecule has 0 bridgehead atoms. The third-order valence-electron chi connectivity index (χ3n) is 6.02. The first-order valence-corrected chi connectivity index (χ1v) is 11.0. The summed E-state index contributed by atoms with van der Waals surface area (Å²) < 4.78 is 5.50. The van der Waals surface area contributed by atoms with Gasteiger partial charge in [0.15, 0.2) is 0 Å². The van der Waals surface area contributed by atoms with Gasteiger partial charge in [-0.2, -0.15) is 0 Å². The van der Waals surface area contributed by atoms with E-state index in [1.807, 2.05) is 87.5 Å². The molecule has 1 unspecified atom stereocenters. The van der Waals surface area contributed by atoms with E-state index in [4.69, 9.17) is 4.74 Å². The zero-order valence-corrected chi connectivity index (χ0v) is 19.0. The lowest BCUT2D eigenvalue weighted by atomic mass is 9.94. The average molecular weight is 442 g/mol. The summed E-state index contributed by atoms with van der Waals surface area (Å²) in [6.07, 6.45) is 0. The molecule has 1 aliphatic rings. The number of carbonyl (C=O) groups is 2. The van der Waals surface area contributed by atoms with Crippen molar-refractivity contribution < 1.29 is 19.4 Å². The number of aliphatic hydroxyl groups excluding tert-OH is 1. The number of ketones is 1. The van der Waals surface area contributed by atoms with Gasteiger partial charge in [0, 0.05) is 12.1 Å². The number of aliphatic hydroxyl groups is 1.